The van der Waals surface area contributed by atoms with Crippen molar-refractivity contribution in [3.8, 4) is 0 Å². The van der Waals surface area contributed by atoms with Crippen LogP contribution in [0.3, 0.4) is 0 Å². The number of fused-ring (bicyclic) bond motifs is 1. The normalized spacial score (nSPS) is 19.6. The molecule has 0 amide bonds. The molecule has 1 aliphatic heterocycles. The molecule has 110 valence electrons. The lowest BCUT2D eigenvalue weighted by molar-refractivity contribution is -0.382. The maximum Gasteiger partial charge on any atom is 0.301 e. The van der Waals surface area contributed by atoms with Crippen LogP contribution in [0.25, 0.3) is 10.9 Å². The van der Waals surface area contributed by atoms with Gasteiger partial charge in [-0.2, -0.15) is 0 Å². The van der Waals surface area contributed by atoms with E-state index in [1.807, 2.05) is 6.92 Å². The second kappa shape index (κ2) is 5.65. The molecule has 3 rings (SSSR count). The van der Waals surface area contributed by atoms with Gasteiger partial charge in [0.25, 0.3) is 0 Å². The highest BCUT2D eigenvalue weighted by Crippen LogP contribution is 2.33. The van der Waals surface area contributed by atoms with Crippen molar-refractivity contribution in [1.29, 1.82) is 0 Å². The Morgan fingerprint density at radius 3 is 3.05 bits per heavy atom. The standard InChI is InChI=1S/C15H17N3O3/c1-10(14-5-3-9-21-14)17-13-7-6-12-11(4-2-8-16-12)15(13)18(19)20/h2,4,6-8,10,14,17H,3,5,9H2,1H3. The fourth-order valence-corrected chi connectivity index (χ4v) is 2.79. The summed E-state index contributed by atoms with van der Waals surface area (Å²) in [6.07, 6.45) is 3.76. The average Bonchev–Trinajstić information content (AvgIpc) is 3.01. The summed E-state index contributed by atoms with van der Waals surface area (Å²) in [7, 11) is 0. The maximum atomic E-state index is 11.4. The van der Waals surface area contributed by atoms with E-state index in [0.29, 0.717) is 16.6 Å². The van der Waals surface area contributed by atoms with Crippen LogP contribution in [-0.4, -0.2) is 28.7 Å². The van der Waals surface area contributed by atoms with Crippen molar-refractivity contribution < 1.29 is 9.66 Å². The Morgan fingerprint density at radius 1 is 1.48 bits per heavy atom. The average molecular weight is 287 g/mol. The van der Waals surface area contributed by atoms with Gasteiger partial charge >= 0.3 is 5.69 Å². The van der Waals surface area contributed by atoms with E-state index < -0.39 is 0 Å². The van der Waals surface area contributed by atoms with Gasteiger partial charge < -0.3 is 10.1 Å². The first-order valence-electron chi connectivity index (χ1n) is 7.07. The van der Waals surface area contributed by atoms with E-state index in [0.717, 1.165) is 19.4 Å². The third kappa shape index (κ3) is 2.67. The molecule has 1 N–H and O–H groups in total. The smallest absolute Gasteiger partial charge is 0.301 e. The molecule has 1 aromatic heterocycles. The van der Waals surface area contributed by atoms with Crippen LogP contribution < -0.4 is 5.32 Å². The summed E-state index contributed by atoms with van der Waals surface area (Å²) < 4.78 is 5.63. The zero-order chi connectivity index (χ0) is 14.8. The van der Waals surface area contributed by atoms with E-state index in [1.54, 1.807) is 30.5 Å². The van der Waals surface area contributed by atoms with Crippen molar-refractivity contribution in [3.05, 3.63) is 40.6 Å². The molecule has 0 spiro atoms. The molecule has 21 heavy (non-hydrogen) atoms. The largest absolute Gasteiger partial charge is 0.376 e. The van der Waals surface area contributed by atoms with Crippen LogP contribution in [0, 0.1) is 10.1 Å². The zero-order valence-corrected chi connectivity index (χ0v) is 11.8. The summed E-state index contributed by atoms with van der Waals surface area (Å²) in [6.45, 7) is 2.76. The van der Waals surface area contributed by atoms with Gasteiger partial charge in [0.1, 0.15) is 5.69 Å². The van der Waals surface area contributed by atoms with Crippen LogP contribution in [0.15, 0.2) is 30.5 Å². The molecule has 2 heterocycles. The summed E-state index contributed by atoms with van der Waals surface area (Å²) in [5.41, 5.74) is 1.22. The van der Waals surface area contributed by atoms with E-state index in [9.17, 15) is 10.1 Å². The van der Waals surface area contributed by atoms with Gasteiger partial charge in [-0.3, -0.25) is 15.1 Å². The minimum atomic E-state index is -0.353. The highest BCUT2D eigenvalue weighted by atomic mass is 16.6. The molecule has 0 bridgehead atoms. The van der Waals surface area contributed by atoms with Gasteiger partial charge in [-0.25, -0.2) is 0 Å². The topological polar surface area (TPSA) is 77.3 Å². The Hall–Kier alpha value is -2.21. The van der Waals surface area contributed by atoms with Crippen molar-refractivity contribution >= 4 is 22.3 Å². The number of hydrogen-bond acceptors (Lipinski definition) is 5. The molecule has 0 radical (unpaired) electrons. The molecule has 6 nitrogen and oxygen atoms in total. The monoisotopic (exact) mass is 287 g/mol. The van der Waals surface area contributed by atoms with Gasteiger partial charge in [0.2, 0.25) is 0 Å². The van der Waals surface area contributed by atoms with Crippen LogP contribution in [0.2, 0.25) is 0 Å². The molecule has 2 atom stereocenters. The minimum absolute atomic E-state index is 0.0281. The van der Waals surface area contributed by atoms with Crippen molar-refractivity contribution in [3.63, 3.8) is 0 Å². The van der Waals surface area contributed by atoms with Gasteiger partial charge in [-0.15, -0.1) is 0 Å². The number of nitro benzene ring substituents is 1. The molecule has 6 heteroatoms. The van der Waals surface area contributed by atoms with Crippen molar-refractivity contribution in [1.82, 2.24) is 4.98 Å². The summed E-state index contributed by atoms with van der Waals surface area (Å²) in [4.78, 5) is 15.3. The number of nitrogens with zero attached hydrogens (tertiary/aromatic N) is 2. The van der Waals surface area contributed by atoms with Crippen LogP contribution in [0.1, 0.15) is 19.8 Å². The molecule has 0 aliphatic carbocycles. The second-order valence-corrected chi connectivity index (χ2v) is 5.27. The number of ether oxygens (including phenoxy) is 1. The first-order chi connectivity index (χ1) is 10.2. The van der Waals surface area contributed by atoms with Crippen LogP contribution in [0.4, 0.5) is 11.4 Å². The Balaban J connectivity index is 1.97. The number of pyridine rings is 1. The SMILES string of the molecule is CC(Nc1ccc2ncccc2c1[N+](=O)[O-])C1CCCO1. The van der Waals surface area contributed by atoms with Crippen molar-refractivity contribution in [2.24, 2.45) is 0 Å². The van der Waals surface area contributed by atoms with Crippen molar-refractivity contribution in [2.45, 2.75) is 31.9 Å². The van der Waals surface area contributed by atoms with Crippen LogP contribution in [0.5, 0.6) is 0 Å². The molecule has 0 saturated carbocycles. The van der Waals surface area contributed by atoms with E-state index in [1.165, 1.54) is 0 Å². The highest BCUT2D eigenvalue weighted by Gasteiger charge is 2.25. The third-order valence-electron chi connectivity index (χ3n) is 3.84. The molecule has 2 aromatic rings. The summed E-state index contributed by atoms with van der Waals surface area (Å²) in [5.74, 6) is 0. The minimum Gasteiger partial charge on any atom is -0.376 e. The fourth-order valence-electron chi connectivity index (χ4n) is 2.79. The third-order valence-corrected chi connectivity index (χ3v) is 3.84. The summed E-state index contributed by atoms with van der Waals surface area (Å²) in [5, 5.41) is 15.2. The first-order valence-corrected chi connectivity index (χ1v) is 7.07. The van der Waals surface area contributed by atoms with Crippen molar-refractivity contribution in [2.75, 3.05) is 11.9 Å². The van der Waals surface area contributed by atoms with Crippen LogP contribution >= 0.6 is 0 Å². The predicted molar refractivity (Wildman–Crippen MR) is 80.5 cm³/mol. The number of anilines is 1. The van der Waals surface area contributed by atoms with Gasteiger partial charge in [0, 0.05) is 18.8 Å². The van der Waals surface area contributed by atoms with Gasteiger partial charge in [0.05, 0.1) is 21.9 Å². The number of hydrogen-bond donors (Lipinski definition) is 1. The van der Waals surface area contributed by atoms with Gasteiger partial charge in [-0.1, -0.05) is 0 Å². The summed E-state index contributed by atoms with van der Waals surface area (Å²) in [6, 6.07) is 6.98. The van der Waals surface area contributed by atoms with Gasteiger partial charge in [0.15, 0.2) is 0 Å². The number of nitro groups is 1. The number of aromatic nitrogens is 1. The van der Waals surface area contributed by atoms with E-state index in [-0.39, 0.29) is 22.8 Å². The molecule has 2 unspecified atom stereocenters. The summed E-state index contributed by atoms with van der Waals surface area (Å²) >= 11 is 0. The Kier molecular flexibility index (Phi) is 3.70. The molecule has 1 aliphatic rings. The highest BCUT2D eigenvalue weighted by molar-refractivity contribution is 5.94. The van der Waals surface area contributed by atoms with Gasteiger partial charge in [-0.05, 0) is 44.0 Å². The number of rotatable bonds is 4. The predicted octanol–water partition coefficient (Wildman–Crippen LogP) is 3.12. The van der Waals surface area contributed by atoms with E-state index in [4.69, 9.17) is 4.74 Å². The molecule has 1 aromatic carbocycles. The lowest BCUT2D eigenvalue weighted by atomic mass is 10.1. The quantitative estimate of drug-likeness (QED) is 0.690. The first kappa shape index (κ1) is 13.8. The second-order valence-electron chi connectivity index (χ2n) is 5.27. The molecular weight excluding hydrogens is 270 g/mol. The van der Waals surface area contributed by atoms with E-state index >= 15 is 0 Å². The molecule has 1 fully saturated rings. The van der Waals surface area contributed by atoms with Crippen LogP contribution in [-0.2, 0) is 4.74 Å². The molecule has 1 saturated heterocycles. The van der Waals surface area contributed by atoms with E-state index in [2.05, 4.69) is 10.3 Å². The lowest BCUT2D eigenvalue weighted by Gasteiger charge is -2.21. The zero-order valence-electron chi connectivity index (χ0n) is 11.8. The maximum absolute atomic E-state index is 11.4. The fraction of sp³-hybridized carbons (Fsp3) is 0.400. The molecular formula is C15H17N3O3. The number of nitrogens with one attached hydrogen (secondary N) is 1. The Labute approximate surface area is 122 Å². The Morgan fingerprint density at radius 2 is 2.33 bits per heavy atom. The Bertz CT molecular complexity index is 668. The number of benzene rings is 1. The lowest BCUT2D eigenvalue weighted by Crippen LogP contribution is -2.30.